The van der Waals surface area contributed by atoms with Gasteiger partial charge in [0, 0.05) is 13.2 Å². The topological polar surface area (TPSA) is 30.5 Å². The summed E-state index contributed by atoms with van der Waals surface area (Å²) in [5, 5.41) is 3.13. The Labute approximate surface area is 116 Å². The van der Waals surface area contributed by atoms with Crippen molar-refractivity contribution in [3.63, 3.8) is 0 Å². The van der Waals surface area contributed by atoms with Crippen LogP contribution in [0.15, 0.2) is 24.3 Å². The lowest BCUT2D eigenvalue weighted by Crippen LogP contribution is -2.15. The van der Waals surface area contributed by atoms with Gasteiger partial charge in [-0.1, -0.05) is 31.4 Å². The smallest absolute Gasteiger partial charge is 0.119 e. The fourth-order valence-corrected chi connectivity index (χ4v) is 2.26. The summed E-state index contributed by atoms with van der Waals surface area (Å²) in [5.74, 6) is 1.85. The van der Waals surface area contributed by atoms with Crippen LogP contribution < -0.4 is 10.1 Å². The number of hydrogen-bond acceptors (Lipinski definition) is 3. The first-order chi connectivity index (χ1) is 9.38. The third kappa shape index (κ3) is 5.21. The summed E-state index contributed by atoms with van der Waals surface area (Å²) in [4.78, 5) is 0. The van der Waals surface area contributed by atoms with Crippen LogP contribution in [0.3, 0.4) is 0 Å². The van der Waals surface area contributed by atoms with E-state index in [0.29, 0.717) is 13.2 Å². The third-order valence-corrected chi connectivity index (χ3v) is 3.70. The van der Waals surface area contributed by atoms with Crippen molar-refractivity contribution in [1.82, 2.24) is 5.32 Å². The molecule has 0 bridgehead atoms. The minimum atomic E-state index is 0.635. The highest BCUT2D eigenvalue weighted by atomic mass is 16.5. The lowest BCUT2D eigenvalue weighted by atomic mass is 9.83. The van der Waals surface area contributed by atoms with Gasteiger partial charge in [0.05, 0.1) is 6.61 Å². The van der Waals surface area contributed by atoms with E-state index in [1.165, 1.54) is 31.2 Å². The molecule has 1 aromatic carbocycles. The van der Waals surface area contributed by atoms with E-state index in [2.05, 4.69) is 17.4 Å². The van der Waals surface area contributed by atoms with E-state index in [1.54, 1.807) is 0 Å². The molecule has 3 nitrogen and oxygen atoms in total. The molecule has 1 aromatic rings. The molecular weight excluding hydrogens is 238 g/mol. The lowest BCUT2D eigenvalue weighted by Gasteiger charge is -2.24. The van der Waals surface area contributed by atoms with Crippen molar-refractivity contribution < 1.29 is 9.47 Å². The average Bonchev–Trinajstić information content (AvgIpc) is 2.38. The summed E-state index contributed by atoms with van der Waals surface area (Å²) in [7, 11) is 1.95. The molecule has 1 fully saturated rings. The van der Waals surface area contributed by atoms with Gasteiger partial charge in [0.1, 0.15) is 12.4 Å². The monoisotopic (exact) mass is 263 g/mol. The van der Waals surface area contributed by atoms with E-state index in [0.717, 1.165) is 24.8 Å². The van der Waals surface area contributed by atoms with Crippen LogP contribution in [0.25, 0.3) is 0 Å². The van der Waals surface area contributed by atoms with Gasteiger partial charge in [-0.2, -0.15) is 0 Å². The van der Waals surface area contributed by atoms with Gasteiger partial charge in [0.25, 0.3) is 0 Å². The second-order valence-electron chi connectivity index (χ2n) is 5.22. The molecule has 0 spiro atoms. The van der Waals surface area contributed by atoms with Crippen molar-refractivity contribution in [2.24, 2.45) is 5.92 Å². The van der Waals surface area contributed by atoms with E-state index in [4.69, 9.17) is 9.47 Å². The highest BCUT2D eigenvalue weighted by Crippen LogP contribution is 2.29. The van der Waals surface area contributed by atoms with Gasteiger partial charge < -0.3 is 14.8 Å². The predicted octanol–water partition coefficient (Wildman–Crippen LogP) is 2.99. The molecular formula is C16H25NO2. The zero-order valence-corrected chi connectivity index (χ0v) is 11.9. The van der Waals surface area contributed by atoms with Gasteiger partial charge in [0.2, 0.25) is 0 Å². The van der Waals surface area contributed by atoms with E-state index in [1.807, 2.05) is 19.2 Å². The second kappa shape index (κ2) is 8.18. The van der Waals surface area contributed by atoms with Crippen LogP contribution in [-0.2, 0) is 11.3 Å². The van der Waals surface area contributed by atoms with Crippen LogP contribution in [0.2, 0.25) is 0 Å². The van der Waals surface area contributed by atoms with Crippen molar-refractivity contribution in [1.29, 1.82) is 0 Å². The summed E-state index contributed by atoms with van der Waals surface area (Å²) in [6.07, 6.45) is 5.44. The molecule has 1 N–H and O–H groups in total. The SMILES string of the molecule is CNCc1ccc(OCCOCCC2CCC2)cc1. The Bertz CT molecular complexity index is 346. The largest absolute Gasteiger partial charge is 0.491 e. The first kappa shape index (κ1) is 14.4. The molecule has 2 rings (SSSR count). The van der Waals surface area contributed by atoms with Crippen LogP contribution in [0.5, 0.6) is 5.75 Å². The van der Waals surface area contributed by atoms with Gasteiger partial charge in [-0.25, -0.2) is 0 Å². The van der Waals surface area contributed by atoms with E-state index in [9.17, 15) is 0 Å². The summed E-state index contributed by atoms with van der Waals surface area (Å²) in [6, 6.07) is 8.20. The van der Waals surface area contributed by atoms with Crippen molar-refractivity contribution in [3.8, 4) is 5.75 Å². The van der Waals surface area contributed by atoms with Crippen LogP contribution in [0, 0.1) is 5.92 Å². The van der Waals surface area contributed by atoms with E-state index < -0.39 is 0 Å². The maximum absolute atomic E-state index is 5.64. The van der Waals surface area contributed by atoms with Crippen LogP contribution in [0.1, 0.15) is 31.2 Å². The quantitative estimate of drug-likeness (QED) is 0.695. The molecule has 0 aliphatic heterocycles. The standard InChI is InChI=1S/C16H25NO2/c1-17-13-15-5-7-16(8-6-15)19-12-11-18-10-9-14-3-2-4-14/h5-8,14,17H,2-4,9-13H2,1H3. The fourth-order valence-electron chi connectivity index (χ4n) is 2.26. The van der Waals surface area contributed by atoms with Crippen molar-refractivity contribution in [3.05, 3.63) is 29.8 Å². The molecule has 0 heterocycles. The summed E-state index contributed by atoms with van der Waals surface area (Å²) < 4.78 is 11.2. The maximum atomic E-state index is 5.64. The van der Waals surface area contributed by atoms with Crippen molar-refractivity contribution in [2.45, 2.75) is 32.2 Å². The highest BCUT2D eigenvalue weighted by molar-refractivity contribution is 5.27. The van der Waals surface area contributed by atoms with Crippen LogP contribution >= 0.6 is 0 Å². The first-order valence-electron chi connectivity index (χ1n) is 7.32. The van der Waals surface area contributed by atoms with E-state index in [-0.39, 0.29) is 0 Å². The Morgan fingerprint density at radius 2 is 1.89 bits per heavy atom. The zero-order chi connectivity index (χ0) is 13.3. The zero-order valence-electron chi connectivity index (χ0n) is 11.9. The minimum Gasteiger partial charge on any atom is -0.491 e. The number of benzene rings is 1. The number of rotatable bonds is 9. The molecule has 1 aliphatic carbocycles. The van der Waals surface area contributed by atoms with Gasteiger partial charge >= 0.3 is 0 Å². The molecule has 3 heteroatoms. The summed E-state index contributed by atoms with van der Waals surface area (Å²) in [6.45, 7) is 3.10. The van der Waals surface area contributed by atoms with Crippen LogP contribution in [0.4, 0.5) is 0 Å². The Morgan fingerprint density at radius 1 is 1.11 bits per heavy atom. The van der Waals surface area contributed by atoms with Crippen molar-refractivity contribution in [2.75, 3.05) is 26.9 Å². The molecule has 19 heavy (non-hydrogen) atoms. The number of nitrogens with one attached hydrogen (secondary N) is 1. The minimum absolute atomic E-state index is 0.635. The Hall–Kier alpha value is -1.06. The molecule has 0 amide bonds. The molecule has 1 aliphatic rings. The van der Waals surface area contributed by atoms with Gasteiger partial charge in [0.15, 0.2) is 0 Å². The average molecular weight is 263 g/mol. The number of ether oxygens (including phenoxy) is 2. The molecule has 106 valence electrons. The van der Waals surface area contributed by atoms with Gasteiger partial charge in [-0.05, 0) is 37.1 Å². The molecule has 0 radical (unpaired) electrons. The molecule has 0 unspecified atom stereocenters. The molecule has 1 saturated carbocycles. The Balaban J connectivity index is 1.52. The Morgan fingerprint density at radius 3 is 2.53 bits per heavy atom. The van der Waals surface area contributed by atoms with Crippen molar-refractivity contribution >= 4 is 0 Å². The third-order valence-electron chi connectivity index (χ3n) is 3.70. The highest BCUT2D eigenvalue weighted by Gasteiger charge is 2.16. The number of hydrogen-bond donors (Lipinski definition) is 1. The normalized spacial score (nSPS) is 15.2. The molecule has 0 aromatic heterocycles. The molecule has 0 saturated heterocycles. The summed E-state index contributed by atoms with van der Waals surface area (Å²) in [5.41, 5.74) is 1.27. The van der Waals surface area contributed by atoms with Gasteiger partial charge in [-0.15, -0.1) is 0 Å². The maximum Gasteiger partial charge on any atom is 0.119 e. The van der Waals surface area contributed by atoms with E-state index >= 15 is 0 Å². The van der Waals surface area contributed by atoms with Crippen LogP contribution in [-0.4, -0.2) is 26.9 Å². The fraction of sp³-hybridized carbons (Fsp3) is 0.625. The second-order valence-corrected chi connectivity index (χ2v) is 5.22. The Kier molecular flexibility index (Phi) is 6.18. The predicted molar refractivity (Wildman–Crippen MR) is 77.5 cm³/mol. The molecule has 0 atom stereocenters. The lowest BCUT2D eigenvalue weighted by molar-refractivity contribution is 0.0812. The summed E-state index contributed by atoms with van der Waals surface area (Å²) >= 11 is 0. The first-order valence-corrected chi connectivity index (χ1v) is 7.32. The van der Waals surface area contributed by atoms with Gasteiger partial charge in [-0.3, -0.25) is 0 Å².